The van der Waals surface area contributed by atoms with Gasteiger partial charge >= 0.3 is 0 Å². The number of aryl methyl sites for hydroxylation is 3. The molecule has 22 heteroatoms. The Morgan fingerprint density at radius 1 is 0.494 bits per heavy atom. The molecule has 0 atom stereocenters. The number of hydrogen-bond donors (Lipinski definition) is 5. The molecule has 10 rings (SSSR count). The van der Waals surface area contributed by atoms with Crippen molar-refractivity contribution in [3.63, 3.8) is 0 Å². The number of nitrogens with zero attached hydrogens (tertiary/aromatic N) is 3. The number of halogens is 8. The van der Waals surface area contributed by atoms with Gasteiger partial charge in [0, 0.05) is 141 Å². The van der Waals surface area contributed by atoms with Crippen molar-refractivity contribution in [1.82, 2.24) is 10.2 Å². The summed E-state index contributed by atoms with van der Waals surface area (Å²) in [5.74, 6) is 2.04. The van der Waals surface area contributed by atoms with Crippen LogP contribution in [-0.2, 0) is 52.2 Å². The van der Waals surface area contributed by atoms with Crippen molar-refractivity contribution in [2.45, 2.75) is 77.0 Å². The second kappa shape index (κ2) is 39.1. The second-order valence-electron chi connectivity index (χ2n) is 19.2. The molecule has 5 aliphatic heterocycles. The maximum atomic E-state index is 11.5. The molecule has 1 radical (unpaired) electrons. The number of unbranched alkanes of at least 4 members (excludes halogenated alkanes) is 3. The van der Waals surface area contributed by atoms with Crippen LogP contribution in [0.2, 0.25) is 20.1 Å². The Morgan fingerprint density at radius 2 is 0.901 bits per heavy atom. The Morgan fingerprint density at radius 3 is 1.36 bits per heavy atom. The molecule has 5 aromatic rings. The number of hydrogen-bond acceptors (Lipinski definition) is 10. The van der Waals surface area contributed by atoms with E-state index >= 15 is 0 Å². The van der Waals surface area contributed by atoms with Crippen LogP contribution in [0.4, 0.5) is 28.4 Å². The predicted octanol–water partition coefficient (Wildman–Crippen LogP) is 14.8. The third-order valence-electron chi connectivity index (χ3n) is 13.4. The van der Waals surface area contributed by atoms with E-state index in [0.717, 1.165) is 172 Å². The van der Waals surface area contributed by atoms with Crippen molar-refractivity contribution in [3.8, 4) is 17.2 Å². The van der Waals surface area contributed by atoms with Crippen molar-refractivity contribution < 1.29 is 47.5 Å². The topological polar surface area (TPSA) is 148 Å². The third kappa shape index (κ3) is 24.3. The molecule has 5 aromatic carbocycles. The van der Waals surface area contributed by atoms with E-state index < -0.39 is 0 Å². The first-order valence-corrected chi connectivity index (χ1v) is 31.9. The predicted molar refractivity (Wildman–Crippen MR) is 354 cm³/mol. The number of benzene rings is 5. The number of amides is 3. The SMILES string of the molecule is BrCCCCBr.Clc1cccc(N2CCNCC2)c1Cl.I.O=C1CCc2ccc(O)cc2N1.O=C1CCc2ccc(OCCCCBr)cc2N1.O=C1CCc2ccc(OCCCCN3CCN(c4cccc(Cl)c4Cl)CC3)cc2N1.[V]. The molecular weight excluding hydrogens is 1460 g/mol. The van der Waals surface area contributed by atoms with Crippen LogP contribution < -0.4 is 40.5 Å². The van der Waals surface area contributed by atoms with Crippen LogP contribution >= 0.6 is 118 Å². The number of rotatable bonds is 16. The number of nitrogens with one attached hydrogen (secondary N) is 4. The summed E-state index contributed by atoms with van der Waals surface area (Å²) in [4.78, 5) is 40.8. The standard InChI is InChI=1S/C23H27Cl2N3O2.C13H16BrNO2.C10H12Cl2N2.C9H9NO2.C4H8Br2.HI.V/c24-19-4-3-5-21(23(19)25)28-13-11-27(12-14-28)10-1-2-15-30-18-8-6-17-7-9-22(29)26-20(17)16-18;14-7-1-2-8-17-11-5-3-10-4-6-13(16)15-12(10)9-11;11-8-2-1-3-9(10(8)12)14-6-4-13-5-7-14;11-7-3-1-6-2-4-9(12)10-8(6)5-7;5-3-1-2-4-6;;/h3-6,8,16H,1-2,7,9-15H2,(H,26,29);3,5,9H,1-2,4,6-8H2,(H,15,16);1-3,13H,4-7H2;1,3,5,11H,2,4H2,(H,10,12);1-4H2;1H;. The van der Waals surface area contributed by atoms with Gasteiger partial charge in [-0.15, -0.1) is 24.0 Å². The first kappa shape index (κ1) is 70.8. The van der Waals surface area contributed by atoms with Crippen LogP contribution in [0.15, 0.2) is 91.0 Å². The van der Waals surface area contributed by atoms with E-state index in [1.165, 1.54) is 24.0 Å². The largest absolute Gasteiger partial charge is 0.508 e. The number of carbonyl (C=O) groups excluding carboxylic acids is 3. The summed E-state index contributed by atoms with van der Waals surface area (Å²) in [6.07, 6.45) is 10.9. The average molecular weight is 1540 g/mol. The number of alkyl halides is 3. The fourth-order valence-electron chi connectivity index (χ4n) is 9.04. The smallest absolute Gasteiger partial charge is 0.224 e. The number of phenols is 1. The Labute approximate surface area is 552 Å². The van der Waals surface area contributed by atoms with Crippen LogP contribution in [0.25, 0.3) is 0 Å². The van der Waals surface area contributed by atoms with E-state index in [0.29, 0.717) is 46.0 Å². The minimum atomic E-state index is 0. The van der Waals surface area contributed by atoms with E-state index in [9.17, 15) is 14.4 Å². The second-order valence-corrected chi connectivity index (χ2v) is 23.2. The summed E-state index contributed by atoms with van der Waals surface area (Å²) in [6.45, 7) is 10.4. The Balaban J connectivity index is 0.000000236. The third-order valence-corrected chi connectivity index (χ3v) is 16.7. The van der Waals surface area contributed by atoms with Crippen molar-refractivity contribution in [3.05, 3.63) is 128 Å². The molecule has 3 amide bonds. The zero-order valence-corrected chi connectivity index (χ0v) is 56.9. The van der Waals surface area contributed by atoms with Gasteiger partial charge in [-0.05, 0) is 123 Å². The van der Waals surface area contributed by atoms with Crippen molar-refractivity contribution >= 4 is 164 Å². The van der Waals surface area contributed by atoms with Crippen molar-refractivity contribution in [2.24, 2.45) is 0 Å². The van der Waals surface area contributed by atoms with Crippen LogP contribution in [0.3, 0.4) is 0 Å². The van der Waals surface area contributed by atoms with Gasteiger partial charge in [-0.3, -0.25) is 19.3 Å². The van der Waals surface area contributed by atoms with E-state index in [1.54, 1.807) is 12.1 Å². The number of carbonyl (C=O) groups is 3. The van der Waals surface area contributed by atoms with Gasteiger partial charge in [0.1, 0.15) is 17.2 Å². The molecule has 81 heavy (non-hydrogen) atoms. The van der Waals surface area contributed by atoms with Crippen LogP contribution in [-0.4, -0.2) is 116 Å². The molecule has 441 valence electrons. The minimum absolute atomic E-state index is 0. The fourth-order valence-corrected chi connectivity index (χ4v) is 11.1. The Kier molecular flexibility index (Phi) is 34.2. The van der Waals surface area contributed by atoms with Gasteiger partial charge in [0.15, 0.2) is 0 Å². The van der Waals surface area contributed by atoms with E-state index in [1.807, 2.05) is 72.8 Å². The number of aromatic hydroxyl groups is 1. The van der Waals surface area contributed by atoms with Gasteiger partial charge in [-0.25, -0.2) is 0 Å². The normalized spacial score (nSPS) is 15.1. The van der Waals surface area contributed by atoms with Gasteiger partial charge in [-0.1, -0.05) is 125 Å². The number of anilines is 5. The van der Waals surface area contributed by atoms with E-state index in [2.05, 4.69) is 89.8 Å². The molecule has 5 N–H and O–H groups in total. The molecule has 0 aromatic heterocycles. The molecule has 13 nitrogen and oxygen atoms in total. The molecule has 0 aliphatic carbocycles. The number of piperazine rings is 2. The molecule has 5 aliphatic rings. The number of ether oxygens (including phenoxy) is 2. The molecule has 0 saturated carbocycles. The maximum absolute atomic E-state index is 11.5. The van der Waals surface area contributed by atoms with Crippen LogP contribution in [0.1, 0.15) is 74.5 Å². The molecule has 2 fully saturated rings. The first-order chi connectivity index (χ1) is 38.3. The summed E-state index contributed by atoms with van der Waals surface area (Å²) in [5.41, 5.74) is 8.07. The summed E-state index contributed by atoms with van der Waals surface area (Å²) in [7, 11) is 0. The fraction of sp³-hybridized carbons (Fsp3) is 0.441. The van der Waals surface area contributed by atoms with E-state index in [-0.39, 0.29) is 66.0 Å². The number of fused-ring (bicyclic) bond motifs is 3. The monoisotopic (exact) mass is 1530 g/mol. The van der Waals surface area contributed by atoms with Gasteiger partial charge < -0.3 is 45.6 Å². The quantitative estimate of drug-likeness (QED) is 0.0367. The maximum Gasteiger partial charge on any atom is 0.224 e. The van der Waals surface area contributed by atoms with Gasteiger partial charge in [-0.2, -0.15) is 0 Å². The van der Waals surface area contributed by atoms with E-state index in [4.69, 9.17) is 61.0 Å². The average Bonchev–Trinajstić information content (AvgIpc) is 3.46. The Hall–Kier alpha value is -2.66. The van der Waals surface area contributed by atoms with Crippen molar-refractivity contribution in [1.29, 1.82) is 0 Å². The molecule has 0 bridgehead atoms. The first-order valence-electron chi connectivity index (χ1n) is 27.1. The molecule has 2 saturated heterocycles. The summed E-state index contributed by atoms with van der Waals surface area (Å²) in [6, 6.07) is 28.5. The molecular formula is C59H73Br3Cl4IN7O6V. The van der Waals surface area contributed by atoms with Gasteiger partial charge in [0.25, 0.3) is 0 Å². The van der Waals surface area contributed by atoms with Crippen LogP contribution in [0, 0.1) is 0 Å². The Bertz CT molecular complexity index is 2750. The minimum Gasteiger partial charge on any atom is -0.508 e. The van der Waals surface area contributed by atoms with Gasteiger partial charge in [0.2, 0.25) is 17.7 Å². The number of phenolic OH excluding ortho intramolecular Hbond substituents is 1. The van der Waals surface area contributed by atoms with Gasteiger partial charge in [0.05, 0.1) is 44.7 Å². The molecule has 0 unspecified atom stereocenters. The van der Waals surface area contributed by atoms with Crippen LogP contribution in [0.5, 0.6) is 17.2 Å². The summed E-state index contributed by atoms with van der Waals surface area (Å²) >= 11 is 34.6. The zero-order valence-electron chi connectivity index (χ0n) is 45.4. The van der Waals surface area contributed by atoms with Crippen molar-refractivity contribution in [2.75, 3.05) is 114 Å². The zero-order chi connectivity index (χ0) is 56.4. The molecule has 0 spiro atoms. The summed E-state index contributed by atoms with van der Waals surface area (Å²) in [5, 5.41) is 26.8. The molecule has 5 heterocycles. The summed E-state index contributed by atoms with van der Waals surface area (Å²) < 4.78 is 11.5.